The summed E-state index contributed by atoms with van der Waals surface area (Å²) in [4.78, 5) is 17.2. The zero-order valence-electron chi connectivity index (χ0n) is 11.1. The van der Waals surface area contributed by atoms with Gasteiger partial charge < -0.3 is 15.2 Å². The molecule has 1 aromatic heterocycles. The van der Waals surface area contributed by atoms with Gasteiger partial charge in [-0.05, 0) is 44.0 Å². The smallest absolute Gasteiger partial charge is 0.257 e. The molecule has 1 fully saturated rings. The Kier molecular flexibility index (Phi) is 3.25. The average Bonchev–Trinajstić information content (AvgIpc) is 2.82. The number of pyridine rings is 1. The third-order valence-electron chi connectivity index (χ3n) is 3.95. The summed E-state index contributed by atoms with van der Waals surface area (Å²) >= 11 is 0. The molecule has 1 atom stereocenters. The lowest BCUT2D eigenvalue weighted by Crippen LogP contribution is -2.32. The Bertz CT molecular complexity index is 635. The number of aromatic nitrogens is 1. The van der Waals surface area contributed by atoms with Crippen molar-refractivity contribution in [1.82, 2.24) is 9.88 Å². The van der Waals surface area contributed by atoms with Crippen LogP contribution < -0.4 is 10.9 Å². The first-order chi connectivity index (χ1) is 9.24. The fourth-order valence-corrected chi connectivity index (χ4v) is 2.77. The van der Waals surface area contributed by atoms with E-state index in [4.69, 9.17) is 0 Å². The van der Waals surface area contributed by atoms with Gasteiger partial charge in [-0.25, -0.2) is 0 Å². The second-order valence-electron chi connectivity index (χ2n) is 5.26. The van der Waals surface area contributed by atoms with Crippen LogP contribution in [0.4, 0.5) is 5.82 Å². The Morgan fingerprint density at radius 2 is 2.26 bits per heavy atom. The molecule has 4 nitrogen and oxygen atoms in total. The highest BCUT2D eigenvalue weighted by atomic mass is 16.1. The normalized spacial score (nSPS) is 19.9. The van der Waals surface area contributed by atoms with Crippen molar-refractivity contribution >= 4 is 16.6 Å². The van der Waals surface area contributed by atoms with E-state index in [1.165, 1.54) is 19.4 Å². The van der Waals surface area contributed by atoms with Gasteiger partial charge in [0.1, 0.15) is 5.82 Å². The van der Waals surface area contributed by atoms with Gasteiger partial charge in [0.05, 0.1) is 0 Å². The van der Waals surface area contributed by atoms with Gasteiger partial charge in [0.15, 0.2) is 0 Å². The SMILES string of the molecule is CN1CCCC1CNc1cc2ccccc2c(=O)[nH]1. The molecule has 0 spiro atoms. The van der Waals surface area contributed by atoms with Crippen LogP contribution in [0.25, 0.3) is 10.8 Å². The molecule has 0 radical (unpaired) electrons. The van der Waals surface area contributed by atoms with Crippen LogP contribution in [-0.2, 0) is 0 Å². The molecule has 0 amide bonds. The summed E-state index contributed by atoms with van der Waals surface area (Å²) in [6.45, 7) is 2.05. The van der Waals surface area contributed by atoms with Gasteiger partial charge in [0.2, 0.25) is 0 Å². The third-order valence-corrected chi connectivity index (χ3v) is 3.95. The lowest BCUT2D eigenvalue weighted by atomic mass is 10.1. The number of fused-ring (bicyclic) bond motifs is 1. The minimum absolute atomic E-state index is 0.0274. The molecule has 1 saturated heterocycles. The van der Waals surface area contributed by atoms with E-state index in [9.17, 15) is 4.79 Å². The van der Waals surface area contributed by atoms with Gasteiger partial charge in [-0.2, -0.15) is 0 Å². The zero-order valence-corrected chi connectivity index (χ0v) is 11.1. The molecule has 4 heteroatoms. The first-order valence-electron chi connectivity index (χ1n) is 6.80. The Labute approximate surface area is 112 Å². The summed E-state index contributed by atoms with van der Waals surface area (Å²) in [5, 5.41) is 5.07. The van der Waals surface area contributed by atoms with Crippen LogP contribution in [0.3, 0.4) is 0 Å². The van der Waals surface area contributed by atoms with Crippen LogP contribution in [0.2, 0.25) is 0 Å². The van der Waals surface area contributed by atoms with E-state index in [0.717, 1.165) is 23.1 Å². The summed E-state index contributed by atoms with van der Waals surface area (Å²) in [5.41, 5.74) is -0.0274. The Morgan fingerprint density at radius 3 is 3.05 bits per heavy atom. The predicted octanol–water partition coefficient (Wildman–Crippen LogP) is 2.03. The quantitative estimate of drug-likeness (QED) is 0.884. The molecule has 0 saturated carbocycles. The van der Waals surface area contributed by atoms with E-state index in [-0.39, 0.29) is 5.56 Å². The molecular formula is C15H19N3O. The van der Waals surface area contributed by atoms with Gasteiger partial charge in [-0.3, -0.25) is 4.79 Å². The highest BCUT2D eigenvalue weighted by Gasteiger charge is 2.20. The molecule has 1 aliphatic rings. The summed E-state index contributed by atoms with van der Waals surface area (Å²) in [6.07, 6.45) is 2.48. The van der Waals surface area contributed by atoms with Crippen molar-refractivity contribution in [3.63, 3.8) is 0 Å². The van der Waals surface area contributed by atoms with Gasteiger partial charge in [0.25, 0.3) is 5.56 Å². The van der Waals surface area contributed by atoms with Crippen LogP contribution in [0, 0.1) is 0 Å². The lowest BCUT2D eigenvalue weighted by molar-refractivity contribution is 0.322. The number of hydrogen-bond acceptors (Lipinski definition) is 3. The standard InChI is InChI=1S/C15H19N3O/c1-18-8-4-6-12(18)10-16-14-9-11-5-2-3-7-13(11)15(19)17-14/h2-3,5,7,9,12H,4,6,8,10H2,1H3,(H2,16,17,19). The highest BCUT2D eigenvalue weighted by Crippen LogP contribution is 2.16. The van der Waals surface area contributed by atoms with Crippen molar-refractivity contribution in [2.75, 3.05) is 25.5 Å². The molecule has 2 aromatic rings. The average molecular weight is 257 g/mol. The number of aromatic amines is 1. The number of nitrogens with zero attached hydrogens (tertiary/aromatic N) is 1. The molecule has 1 aliphatic heterocycles. The van der Waals surface area contributed by atoms with Crippen molar-refractivity contribution in [1.29, 1.82) is 0 Å². The van der Waals surface area contributed by atoms with Crippen molar-refractivity contribution in [2.24, 2.45) is 0 Å². The summed E-state index contributed by atoms with van der Waals surface area (Å²) in [6, 6.07) is 10.2. The lowest BCUT2D eigenvalue weighted by Gasteiger charge is -2.20. The number of anilines is 1. The van der Waals surface area contributed by atoms with Crippen molar-refractivity contribution < 1.29 is 0 Å². The maximum absolute atomic E-state index is 12.0. The molecule has 0 bridgehead atoms. The molecule has 2 heterocycles. The number of likely N-dealkylation sites (N-methyl/N-ethyl adjacent to an activating group) is 1. The van der Waals surface area contributed by atoms with Crippen LogP contribution in [0.1, 0.15) is 12.8 Å². The van der Waals surface area contributed by atoms with Crippen molar-refractivity contribution in [3.05, 3.63) is 40.7 Å². The molecule has 0 aliphatic carbocycles. The molecule has 3 rings (SSSR count). The number of H-pyrrole nitrogens is 1. The van der Waals surface area contributed by atoms with Crippen LogP contribution >= 0.6 is 0 Å². The monoisotopic (exact) mass is 257 g/mol. The van der Waals surface area contributed by atoms with Gasteiger partial charge >= 0.3 is 0 Å². The van der Waals surface area contributed by atoms with E-state index in [2.05, 4.69) is 22.2 Å². The Hall–Kier alpha value is -1.81. The first kappa shape index (κ1) is 12.2. The summed E-state index contributed by atoms with van der Waals surface area (Å²) < 4.78 is 0. The van der Waals surface area contributed by atoms with E-state index < -0.39 is 0 Å². The van der Waals surface area contributed by atoms with Crippen LogP contribution in [0.5, 0.6) is 0 Å². The predicted molar refractivity (Wildman–Crippen MR) is 78.7 cm³/mol. The molecule has 1 aromatic carbocycles. The van der Waals surface area contributed by atoms with Gasteiger partial charge in [0, 0.05) is 18.0 Å². The Balaban J connectivity index is 1.80. The highest BCUT2D eigenvalue weighted by molar-refractivity contribution is 5.83. The number of nitrogens with one attached hydrogen (secondary N) is 2. The van der Waals surface area contributed by atoms with Crippen LogP contribution in [0.15, 0.2) is 35.1 Å². The maximum Gasteiger partial charge on any atom is 0.257 e. The minimum Gasteiger partial charge on any atom is -0.370 e. The molecule has 19 heavy (non-hydrogen) atoms. The number of hydrogen-bond donors (Lipinski definition) is 2. The van der Waals surface area contributed by atoms with Gasteiger partial charge in [-0.1, -0.05) is 18.2 Å². The Morgan fingerprint density at radius 1 is 1.42 bits per heavy atom. The second-order valence-corrected chi connectivity index (χ2v) is 5.26. The van der Waals surface area contributed by atoms with Crippen LogP contribution in [-0.4, -0.2) is 36.1 Å². The first-order valence-corrected chi connectivity index (χ1v) is 6.80. The summed E-state index contributed by atoms with van der Waals surface area (Å²) in [5.74, 6) is 0.809. The minimum atomic E-state index is -0.0274. The number of benzene rings is 1. The topological polar surface area (TPSA) is 48.1 Å². The van der Waals surface area contributed by atoms with Crippen molar-refractivity contribution in [3.8, 4) is 0 Å². The van der Waals surface area contributed by atoms with Gasteiger partial charge in [-0.15, -0.1) is 0 Å². The fraction of sp³-hybridized carbons (Fsp3) is 0.400. The van der Waals surface area contributed by atoms with E-state index >= 15 is 0 Å². The zero-order chi connectivity index (χ0) is 13.2. The summed E-state index contributed by atoms with van der Waals surface area (Å²) in [7, 11) is 2.16. The fourth-order valence-electron chi connectivity index (χ4n) is 2.77. The molecule has 1 unspecified atom stereocenters. The van der Waals surface area contributed by atoms with Crippen molar-refractivity contribution in [2.45, 2.75) is 18.9 Å². The second kappa shape index (κ2) is 5.05. The molecular weight excluding hydrogens is 238 g/mol. The number of likely N-dealkylation sites (tertiary alicyclic amines) is 1. The molecule has 2 N–H and O–H groups in total. The molecule has 100 valence electrons. The largest absolute Gasteiger partial charge is 0.370 e. The number of rotatable bonds is 3. The van der Waals surface area contributed by atoms with E-state index in [0.29, 0.717) is 6.04 Å². The van der Waals surface area contributed by atoms with E-state index in [1.807, 2.05) is 30.3 Å². The third kappa shape index (κ3) is 2.49. The van der Waals surface area contributed by atoms with E-state index in [1.54, 1.807) is 0 Å². The maximum atomic E-state index is 12.0.